The summed E-state index contributed by atoms with van der Waals surface area (Å²) in [6.45, 7) is 1.78. The predicted molar refractivity (Wildman–Crippen MR) is 80.8 cm³/mol. The summed E-state index contributed by atoms with van der Waals surface area (Å²) in [5.41, 5.74) is 0.567. The van der Waals surface area contributed by atoms with Gasteiger partial charge in [-0.05, 0) is 53.3 Å². The Bertz CT molecular complexity index is 532. The lowest BCUT2D eigenvalue weighted by atomic mass is 9.88. The van der Waals surface area contributed by atoms with Crippen molar-refractivity contribution in [3.05, 3.63) is 63.2 Å². The van der Waals surface area contributed by atoms with Crippen LogP contribution in [0.5, 0.6) is 5.75 Å². The minimum absolute atomic E-state index is 0.695. The van der Waals surface area contributed by atoms with Crippen LogP contribution in [0.1, 0.15) is 18.1 Å². The van der Waals surface area contributed by atoms with Crippen molar-refractivity contribution >= 4 is 22.6 Å². The van der Waals surface area contributed by atoms with E-state index in [9.17, 15) is 5.11 Å². The topological polar surface area (TPSA) is 29.5 Å². The fraction of sp³-hybridized carbons (Fsp3) is 0.200. The fourth-order valence-corrected chi connectivity index (χ4v) is 2.34. The maximum atomic E-state index is 10.8. The number of methoxy groups -OCH3 is 1. The maximum Gasteiger partial charge on any atom is 0.125 e. The summed E-state index contributed by atoms with van der Waals surface area (Å²) in [6, 6.07) is 15.4. The number of rotatable bonds is 3. The number of aliphatic hydroxyl groups is 1. The van der Waals surface area contributed by atoms with Gasteiger partial charge in [-0.3, -0.25) is 0 Å². The lowest BCUT2D eigenvalue weighted by molar-refractivity contribution is 0.0989. The second-order valence-electron chi connectivity index (χ2n) is 4.28. The number of hydrogen-bond acceptors (Lipinski definition) is 2. The molecule has 0 saturated carbocycles. The number of ether oxygens (including phenoxy) is 1. The molecule has 2 aromatic carbocycles. The van der Waals surface area contributed by atoms with Gasteiger partial charge in [0.15, 0.2) is 0 Å². The molecule has 0 amide bonds. The first-order valence-corrected chi connectivity index (χ1v) is 6.75. The van der Waals surface area contributed by atoms with Gasteiger partial charge in [-0.15, -0.1) is 0 Å². The van der Waals surface area contributed by atoms with Crippen LogP contribution in [0, 0.1) is 3.57 Å². The Balaban J connectivity index is 2.50. The van der Waals surface area contributed by atoms with Gasteiger partial charge in [0, 0.05) is 9.13 Å². The molecule has 0 aliphatic heterocycles. The summed E-state index contributed by atoms with van der Waals surface area (Å²) in [5.74, 6) is 0.695. The molecule has 0 aromatic heterocycles. The highest BCUT2D eigenvalue weighted by Crippen LogP contribution is 2.35. The van der Waals surface area contributed by atoms with Gasteiger partial charge < -0.3 is 9.84 Å². The molecule has 3 heteroatoms. The molecule has 2 rings (SSSR count). The average molecular weight is 354 g/mol. The summed E-state index contributed by atoms with van der Waals surface area (Å²) in [6.07, 6.45) is 0. The molecule has 1 unspecified atom stereocenters. The van der Waals surface area contributed by atoms with Crippen molar-refractivity contribution in [2.24, 2.45) is 0 Å². The van der Waals surface area contributed by atoms with Crippen LogP contribution < -0.4 is 4.74 Å². The van der Waals surface area contributed by atoms with Crippen LogP contribution in [0.4, 0.5) is 0 Å². The SMILES string of the molecule is COc1ccccc1C(C)(O)c1ccc(I)cc1. The number of halogens is 1. The highest BCUT2D eigenvalue weighted by atomic mass is 127. The van der Waals surface area contributed by atoms with Crippen LogP contribution in [-0.2, 0) is 5.60 Å². The second-order valence-corrected chi connectivity index (χ2v) is 5.53. The lowest BCUT2D eigenvalue weighted by Gasteiger charge is -2.26. The third-order valence-corrected chi connectivity index (χ3v) is 3.76. The zero-order valence-electron chi connectivity index (χ0n) is 10.4. The average Bonchev–Trinajstić information content (AvgIpc) is 2.39. The van der Waals surface area contributed by atoms with Gasteiger partial charge in [-0.2, -0.15) is 0 Å². The Kier molecular flexibility index (Phi) is 3.92. The van der Waals surface area contributed by atoms with E-state index in [1.807, 2.05) is 48.5 Å². The van der Waals surface area contributed by atoms with Crippen molar-refractivity contribution in [1.29, 1.82) is 0 Å². The van der Waals surface area contributed by atoms with Crippen LogP contribution >= 0.6 is 22.6 Å². The lowest BCUT2D eigenvalue weighted by Crippen LogP contribution is -2.23. The van der Waals surface area contributed by atoms with E-state index in [1.54, 1.807) is 14.0 Å². The van der Waals surface area contributed by atoms with E-state index in [0.29, 0.717) is 5.75 Å². The molecule has 0 spiro atoms. The quantitative estimate of drug-likeness (QED) is 0.855. The normalized spacial score (nSPS) is 14.0. The van der Waals surface area contributed by atoms with E-state index in [2.05, 4.69) is 22.6 Å². The van der Waals surface area contributed by atoms with Crippen molar-refractivity contribution in [3.8, 4) is 5.75 Å². The van der Waals surface area contributed by atoms with E-state index in [0.717, 1.165) is 14.7 Å². The molecule has 0 saturated heterocycles. The molecule has 0 radical (unpaired) electrons. The molecule has 1 atom stereocenters. The molecule has 18 heavy (non-hydrogen) atoms. The monoisotopic (exact) mass is 354 g/mol. The molecular formula is C15H15IO2. The van der Waals surface area contributed by atoms with E-state index in [1.165, 1.54) is 0 Å². The van der Waals surface area contributed by atoms with Gasteiger partial charge >= 0.3 is 0 Å². The number of hydrogen-bond donors (Lipinski definition) is 1. The largest absolute Gasteiger partial charge is 0.496 e. The first-order valence-electron chi connectivity index (χ1n) is 5.67. The Morgan fingerprint density at radius 3 is 2.28 bits per heavy atom. The molecule has 0 heterocycles. The molecular weight excluding hydrogens is 339 g/mol. The van der Waals surface area contributed by atoms with Crippen molar-refractivity contribution in [3.63, 3.8) is 0 Å². The van der Waals surface area contributed by atoms with Crippen LogP contribution in [0.3, 0.4) is 0 Å². The van der Waals surface area contributed by atoms with E-state index >= 15 is 0 Å². The third-order valence-electron chi connectivity index (χ3n) is 3.04. The summed E-state index contributed by atoms with van der Waals surface area (Å²) < 4.78 is 6.46. The zero-order chi connectivity index (χ0) is 13.2. The van der Waals surface area contributed by atoms with Gasteiger partial charge in [0.2, 0.25) is 0 Å². The van der Waals surface area contributed by atoms with Gasteiger partial charge in [-0.25, -0.2) is 0 Å². The summed E-state index contributed by atoms with van der Waals surface area (Å²) >= 11 is 2.25. The zero-order valence-corrected chi connectivity index (χ0v) is 12.5. The highest BCUT2D eigenvalue weighted by molar-refractivity contribution is 14.1. The molecule has 0 fully saturated rings. The van der Waals surface area contributed by atoms with Gasteiger partial charge in [0.05, 0.1) is 7.11 Å². The van der Waals surface area contributed by atoms with Crippen LogP contribution in [0.2, 0.25) is 0 Å². The van der Waals surface area contributed by atoms with Crippen molar-refractivity contribution < 1.29 is 9.84 Å². The Morgan fingerprint density at radius 1 is 1.06 bits per heavy atom. The standard InChI is InChI=1S/C15H15IO2/c1-15(17,11-7-9-12(16)10-8-11)13-5-3-4-6-14(13)18-2/h3-10,17H,1-2H3. The highest BCUT2D eigenvalue weighted by Gasteiger charge is 2.28. The van der Waals surface area contributed by atoms with Gasteiger partial charge in [0.25, 0.3) is 0 Å². The predicted octanol–water partition coefficient (Wildman–Crippen LogP) is 3.56. The summed E-state index contributed by atoms with van der Waals surface area (Å²) in [5, 5.41) is 10.8. The molecule has 2 aromatic rings. The van der Waals surface area contributed by atoms with Crippen molar-refractivity contribution in [2.45, 2.75) is 12.5 Å². The van der Waals surface area contributed by atoms with Gasteiger partial charge in [0.1, 0.15) is 11.4 Å². The second kappa shape index (κ2) is 5.28. The van der Waals surface area contributed by atoms with Crippen LogP contribution in [0.15, 0.2) is 48.5 Å². The maximum absolute atomic E-state index is 10.8. The summed E-state index contributed by atoms with van der Waals surface area (Å²) in [7, 11) is 1.61. The number of para-hydroxylation sites is 1. The van der Waals surface area contributed by atoms with E-state index < -0.39 is 5.60 Å². The first-order chi connectivity index (χ1) is 8.55. The fourth-order valence-electron chi connectivity index (χ4n) is 1.98. The van der Waals surface area contributed by atoms with Crippen LogP contribution in [0.25, 0.3) is 0 Å². The Hall–Kier alpha value is -1.07. The molecule has 94 valence electrons. The van der Waals surface area contributed by atoms with E-state index in [-0.39, 0.29) is 0 Å². The van der Waals surface area contributed by atoms with Crippen LogP contribution in [-0.4, -0.2) is 12.2 Å². The van der Waals surface area contributed by atoms with Gasteiger partial charge in [-0.1, -0.05) is 30.3 Å². The Labute approximate surface area is 121 Å². The molecule has 2 nitrogen and oxygen atoms in total. The minimum atomic E-state index is -1.06. The molecule has 1 N–H and O–H groups in total. The van der Waals surface area contributed by atoms with Crippen molar-refractivity contribution in [2.75, 3.05) is 7.11 Å². The Morgan fingerprint density at radius 2 is 1.67 bits per heavy atom. The minimum Gasteiger partial charge on any atom is -0.496 e. The molecule has 0 bridgehead atoms. The van der Waals surface area contributed by atoms with E-state index in [4.69, 9.17) is 4.74 Å². The summed E-state index contributed by atoms with van der Waals surface area (Å²) in [4.78, 5) is 0. The third kappa shape index (κ3) is 2.52. The molecule has 0 aliphatic carbocycles. The first kappa shape index (κ1) is 13.4. The number of benzene rings is 2. The van der Waals surface area contributed by atoms with Crippen molar-refractivity contribution in [1.82, 2.24) is 0 Å². The smallest absolute Gasteiger partial charge is 0.125 e. The molecule has 0 aliphatic rings.